The van der Waals surface area contributed by atoms with Crippen LogP contribution in [0.4, 0.5) is 5.69 Å². The number of aliphatic hydroxyl groups is 1. The first-order valence-corrected chi connectivity index (χ1v) is 17.7. The molecule has 0 radical (unpaired) electrons. The van der Waals surface area contributed by atoms with Gasteiger partial charge in [0, 0.05) is 42.8 Å². The topological polar surface area (TPSA) is 105 Å². The Morgan fingerprint density at radius 2 is 2.05 bits per heavy atom. The molecule has 1 spiro atoms. The van der Waals surface area contributed by atoms with Crippen LogP contribution < -0.4 is 14.4 Å². The molecule has 2 aliphatic heterocycles. The van der Waals surface area contributed by atoms with E-state index in [1.807, 2.05) is 25.1 Å². The lowest BCUT2D eigenvalue weighted by atomic mass is 9.68. The standard InChI is InChI=1S/C34H43ClN2O6S/c1-22-5-3-7-30(38)27-11-8-25(27)19-37-20-34(15-4-6-23-17-26(35)10-12-28(23)34)21-43-31-13-9-24(18-29(31)37)33(39)36-44(40,41)32(22)14-16-42-2/h3,7,9-10,12-13,17-18,22,25,27,30,32,38H,4-6,8,11,14-16,19-21H2,1-2H3,(H,36,39)/b7-3-/t22-,25+,27-,30+,32-,34+/m1/s1. The summed E-state index contributed by atoms with van der Waals surface area (Å²) >= 11 is 6.40. The van der Waals surface area contributed by atoms with Crippen molar-refractivity contribution in [2.45, 2.75) is 68.6 Å². The molecule has 1 amide bonds. The second-order valence-electron chi connectivity index (χ2n) is 13.2. The molecule has 2 N–H and O–H groups in total. The molecule has 2 heterocycles. The Hall–Kier alpha value is -2.59. The number of aliphatic hydroxyl groups excluding tert-OH is 1. The molecule has 238 valence electrons. The summed E-state index contributed by atoms with van der Waals surface area (Å²) in [6.07, 6.45) is 8.72. The highest BCUT2D eigenvalue weighted by Crippen LogP contribution is 2.46. The number of ether oxygens (including phenoxy) is 2. The van der Waals surface area contributed by atoms with Crippen molar-refractivity contribution in [2.75, 3.05) is 38.3 Å². The summed E-state index contributed by atoms with van der Waals surface area (Å²) in [7, 11) is -2.49. The lowest BCUT2D eigenvalue weighted by molar-refractivity contribution is 0.0455. The molecule has 8 nitrogen and oxygen atoms in total. The van der Waals surface area contributed by atoms with E-state index < -0.39 is 27.3 Å². The minimum atomic E-state index is -4.02. The van der Waals surface area contributed by atoms with Gasteiger partial charge >= 0.3 is 0 Å². The van der Waals surface area contributed by atoms with Gasteiger partial charge in [0.2, 0.25) is 10.0 Å². The zero-order chi connectivity index (χ0) is 31.1. The first-order chi connectivity index (χ1) is 21.1. The van der Waals surface area contributed by atoms with E-state index in [2.05, 4.69) is 21.8 Å². The number of hydrogen-bond acceptors (Lipinski definition) is 7. The van der Waals surface area contributed by atoms with Gasteiger partial charge in [-0.1, -0.05) is 36.7 Å². The number of carbonyl (C=O) groups is 1. The number of fused-ring (bicyclic) bond motifs is 4. The van der Waals surface area contributed by atoms with E-state index >= 15 is 0 Å². The number of carbonyl (C=O) groups excluding carboxylic acids is 1. The average molecular weight is 643 g/mol. The molecule has 10 heteroatoms. The summed E-state index contributed by atoms with van der Waals surface area (Å²) in [5, 5.41) is 11.1. The zero-order valence-corrected chi connectivity index (χ0v) is 27.1. The number of anilines is 1. The van der Waals surface area contributed by atoms with Crippen LogP contribution >= 0.6 is 11.6 Å². The van der Waals surface area contributed by atoms with E-state index in [1.165, 1.54) is 18.2 Å². The van der Waals surface area contributed by atoms with Gasteiger partial charge in [-0.2, -0.15) is 0 Å². The van der Waals surface area contributed by atoms with Crippen molar-refractivity contribution >= 4 is 33.2 Å². The van der Waals surface area contributed by atoms with Crippen molar-refractivity contribution in [3.05, 3.63) is 70.3 Å². The van der Waals surface area contributed by atoms with Crippen LogP contribution in [0, 0.1) is 17.8 Å². The molecule has 0 saturated heterocycles. The van der Waals surface area contributed by atoms with Crippen LogP contribution in [0.5, 0.6) is 5.75 Å². The number of sulfonamides is 1. The van der Waals surface area contributed by atoms with Crippen molar-refractivity contribution in [3.63, 3.8) is 0 Å². The summed E-state index contributed by atoms with van der Waals surface area (Å²) in [6, 6.07) is 11.4. The molecular formula is C34H43ClN2O6S. The summed E-state index contributed by atoms with van der Waals surface area (Å²) < 4.78 is 41.3. The number of aryl methyl sites for hydroxylation is 1. The van der Waals surface area contributed by atoms with Crippen LogP contribution in [-0.2, 0) is 26.6 Å². The van der Waals surface area contributed by atoms with Crippen molar-refractivity contribution in [1.82, 2.24) is 4.72 Å². The molecule has 44 heavy (non-hydrogen) atoms. The Labute approximate surface area is 265 Å². The first-order valence-electron chi connectivity index (χ1n) is 15.8. The molecule has 6 atom stereocenters. The minimum absolute atomic E-state index is 0.106. The maximum atomic E-state index is 13.6. The molecule has 2 bridgehead atoms. The van der Waals surface area contributed by atoms with Crippen LogP contribution in [-0.4, -0.2) is 64.2 Å². The van der Waals surface area contributed by atoms with Gasteiger partial charge in [0.25, 0.3) is 5.91 Å². The highest BCUT2D eigenvalue weighted by Gasteiger charge is 2.44. The van der Waals surface area contributed by atoms with Gasteiger partial charge in [-0.15, -0.1) is 0 Å². The maximum Gasteiger partial charge on any atom is 0.264 e. The third-order valence-corrected chi connectivity index (χ3v) is 12.6. The van der Waals surface area contributed by atoms with E-state index in [0.717, 1.165) is 42.8 Å². The molecule has 1 saturated carbocycles. The monoisotopic (exact) mass is 642 g/mol. The van der Waals surface area contributed by atoms with Crippen LogP contribution in [0.2, 0.25) is 5.02 Å². The fourth-order valence-electron chi connectivity index (χ4n) is 7.78. The molecule has 6 rings (SSSR count). The quantitative estimate of drug-likeness (QED) is 0.440. The number of halogens is 1. The Bertz CT molecular complexity index is 1530. The van der Waals surface area contributed by atoms with Gasteiger partial charge in [-0.25, -0.2) is 13.1 Å². The fourth-order valence-corrected chi connectivity index (χ4v) is 9.63. The van der Waals surface area contributed by atoms with Crippen molar-refractivity contribution in [1.29, 1.82) is 0 Å². The van der Waals surface area contributed by atoms with E-state index in [-0.39, 0.29) is 41.8 Å². The molecule has 4 aliphatic rings. The van der Waals surface area contributed by atoms with E-state index in [9.17, 15) is 18.3 Å². The van der Waals surface area contributed by atoms with Gasteiger partial charge in [-0.05, 0) is 104 Å². The minimum Gasteiger partial charge on any atom is -0.490 e. The second kappa shape index (κ2) is 12.7. The summed E-state index contributed by atoms with van der Waals surface area (Å²) in [5.41, 5.74) is 3.27. The average Bonchev–Trinajstić information content (AvgIpc) is 3.11. The number of nitrogens with one attached hydrogen (secondary N) is 1. The number of nitrogens with zero attached hydrogens (tertiary/aromatic N) is 1. The zero-order valence-electron chi connectivity index (χ0n) is 25.5. The molecule has 2 aromatic rings. The predicted molar refractivity (Wildman–Crippen MR) is 172 cm³/mol. The van der Waals surface area contributed by atoms with Gasteiger partial charge in [0.05, 0.1) is 23.6 Å². The highest BCUT2D eigenvalue weighted by atomic mass is 35.5. The maximum absolute atomic E-state index is 13.6. The van der Waals surface area contributed by atoms with Gasteiger partial charge in [0.15, 0.2) is 0 Å². The second-order valence-corrected chi connectivity index (χ2v) is 15.6. The number of amides is 1. The van der Waals surface area contributed by atoms with Crippen LogP contribution in [0.3, 0.4) is 0 Å². The van der Waals surface area contributed by atoms with Gasteiger partial charge < -0.3 is 19.5 Å². The van der Waals surface area contributed by atoms with Gasteiger partial charge in [0.1, 0.15) is 5.75 Å². The van der Waals surface area contributed by atoms with Crippen molar-refractivity contribution in [3.8, 4) is 5.75 Å². The lowest BCUT2D eigenvalue weighted by Gasteiger charge is -2.45. The van der Waals surface area contributed by atoms with Crippen LogP contribution in [0.25, 0.3) is 0 Å². The third-order valence-electron chi connectivity index (χ3n) is 10.4. The largest absolute Gasteiger partial charge is 0.490 e. The SMILES string of the molecule is COCC[C@@H]1[C@H](C)C/C=C\[C@H](O)[C@@H]2CC[C@H]2CN2C[C@@]3(CCCc4cc(Cl)ccc43)COc3ccc(cc32)C(=O)NS1(=O)=O. The number of hydrogen-bond donors (Lipinski definition) is 2. The Balaban J connectivity index is 1.41. The van der Waals surface area contributed by atoms with Crippen molar-refractivity contribution in [2.24, 2.45) is 17.8 Å². The molecule has 2 aromatic carbocycles. The first kappa shape index (κ1) is 31.4. The Morgan fingerprint density at radius 1 is 1.20 bits per heavy atom. The molecule has 0 aromatic heterocycles. The summed E-state index contributed by atoms with van der Waals surface area (Å²) in [5.74, 6) is 0.105. The summed E-state index contributed by atoms with van der Waals surface area (Å²) in [6.45, 7) is 3.99. The molecule has 2 aliphatic carbocycles. The number of rotatable bonds is 3. The smallest absolute Gasteiger partial charge is 0.264 e. The van der Waals surface area contributed by atoms with Crippen LogP contribution in [0.15, 0.2) is 48.6 Å². The van der Waals surface area contributed by atoms with Crippen LogP contribution in [0.1, 0.15) is 66.9 Å². The Morgan fingerprint density at radius 3 is 2.82 bits per heavy atom. The molecule has 0 unspecified atom stereocenters. The van der Waals surface area contributed by atoms with Crippen molar-refractivity contribution < 1.29 is 27.8 Å². The fraction of sp³-hybridized carbons (Fsp3) is 0.559. The number of methoxy groups -OCH3 is 1. The molecule has 1 fully saturated rings. The highest BCUT2D eigenvalue weighted by molar-refractivity contribution is 7.90. The molecular weight excluding hydrogens is 600 g/mol. The van der Waals surface area contributed by atoms with Gasteiger partial charge in [-0.3, -0.25) is 4.79 Å². The summed E-state index contributed by atoms with van der Waals surface area (Å²) in [4.78, 5) is 15.9. The van der Waals surface area contributed by atoms with E-state index in [1.54, 1.807) is 18.2 Å². The van der Waals surface area contributed by atoms with E-state index in [0.29, 0.717) is 31.9 Å². The normalized spacial score (nSPS) is 32.3. The van der Waals surface area contributed by atoms with E-state index in [4.69, 9.17) is 21.1 Å². The predicted octanol–water partition coefficient (Wildman–Crippen LogP) is 5.26. The number of allylic oxidation sites excluding steroid dienone is 1. The lowest BCUT2D eigenvalue weighted by Crippen LogP contribution is -2.49. The Kier molecular flexibility index (Phi) is 9.03. The third kappa shape index (κ3) is 6.13. The number of benzene rings is 2.